The van der Waals surface area contributed by atoms with E-state index in [-0.39, 0.29) is 0 Å². The summed E-state index contributed by atoms with van der Waals surface area (Å²) in [7, 11) is 0. The molecular weight excluding hydrogens is 240 g/mol. The van der Waals surface area contributed by atoms with Gasteiger partial charge in [0.05, 0.1) is 0 Å². The lowest BCUT2D eigenvalue weighted by Crippen LogP contribution is -2.49. The molecule has 1 fully saturated rings. The molecule has 0 radical (unpaired) electrons. The van der Waals surface area contributed by atoms with Crippen LogP contribution in [-0.4, -0.2) is 38.2 Å². The molecule has 6 heteroatoms. The molecule has 1 aliphatic heterocycles. The molecule has 1 saturated heterocycles. The minimum atomic E-state index is 0.373. The lowest BCUT2D eigenvalue weighted by molar-refractivity contribution is 0.395. The first kappa shape index (κ1) is 12.3. The van der Waals surface area contributed by atoms with E-state index < -0.39 is 0 Å². The van der Waals surface area contributed by atoms with Crippen LogP contribution in [0.1, 0.15) is 31.9 Å². The number of rotatable bonds is 2. The van der Waals surface area contributed by atoms with Gasteiger partial charge in [-0.25, -0.2) is 4.98 Å². The van der Waals surface area contributed by atoms with Crippen molar-refractivity contribution in [2.24, 2.45) is 5.73 Å². The summed E-state index contributed by atoms with van der Waals surface area (Å²) in [4.78, 5) is 11.0. The fourth-order valence-electron chi connectivity index (χ4n) is 3.03. The van der Waals surface area contributed by atoms with E-state index in [9.17, 15) is 0 Å². The highest BCUT2D eigenvalue weighted by molar-refractivity contribution is 5.49. The normalized spacial score (nSPS) is 24.1. The molecule has 0 bridgehead atoms. The van der Waals surface area contributed by atoms with E-state index in [0.29, 0.717) is 24.4 Å². The monoisotopic (exact) mass is 260 g/mol. The van der Waals surface area contributed by atoms with E-state index in [2.05, 4.69) is 33.0 Å². The second kappa shape index (κ2) is 4.77. The fraction of sp³-hybridized carbons (Fsp3) is 0.615. The molecular formula is C13H20N6. The summed E-state index contributed by atoms with van der Waals surface area (Å²) in [6.07, 6.45) is 5.12. The van der Waals surface area contributed by atoms with Crippen molar-refractivity contribution in [1.82, 2.24) is 19.6 Å². The van der Waals surface area contributed by atoms with Crippen LogP contribution in [0.2, 0.25) is 0 Å². The molecule has 1 aliphatic rings. The van der Waals surface area contributed by atoms with E-state index in [1.807, 2.05) is 11.4 Å². The standard InChI is InChI=1S/C13H20N6/c1-9-6-12(19-13(17-9)15-8-16-19)18-10(2)4-3-5-11(18)7-14/h6,8,10-11H,3-5,7,14H2,1-2H3. The number of nitrogens with zero attached hydrogens (tertiary/aromatic N) is 5. The fourth-order valence-corrected chi connectivity index (χ4v) is 3.03. The SMILES string of the molecule is Cc1cc(N2C(C)CCCC2CN)n2ncnc2n1. The maximum Gasteiger partial charge on any atom is 0.254 e. The van der Waals surface area contributed by atoms with Gasteiger partial charge in [0, 0.05) is 30.4 Å². The number of fused-ring (bicyclic) bond motifs is 1. The van der Waals surface area contributed by atoms with Crippen molar-refractivity contribution in [3.05, 3.63) is 18.1 Å². The second-order valence-corrected chi connectivity index (χ2v) is 5.30. The summed E-state index contributed by atoms with van der Waals surface area (Å²) >= 11 is 0. The molecule has 2 atom stereocenters. The Morgan fingerprint density at radius 1 is 1.42 bits per heavy atom. The molecule has 0 aromatic carbocycles. The molecule has 0 saturated carbocycles. The quantitative estimate of drug-likeness (QED) is 0.876. The Hall–Kier alpha value is -1.69. The summed E-state index contributed by atoms with van der Waals surface area (Å²) in [5, 5.41) is 4.30. The summed E-state index contributed by atoms with van der Waals surface area (Å²) in [5.41, 5.74) is 6.91. The van der Waals surface area contributed by atoms with E-state index in [0.717, 1.165) is 17.9 Å². The van der Waals surface area contributed by atoms with Gasteiger partial charge in [0.2, 0.25) is 0 Å². The van der Waals surface area contributed by atoms with Crippen LogP contribution in [0.15, 0.2) is 12.4 Å². The lowest BCUT2D eigenvalue weighted by atomic mass is 9.96. The third kappa shape index (κ3) is 2.06. The van der Waals surface area contributed by atoms with Crippen molar-refractivity contribution in [1.29, 1.82) is 0 Å². The highest BCUT2D eigenvalue weighted by Crippen LogP contribution is 2.29. The Bertz CT molecular complexity index is 578. The summed E-state index contributed by atoms with van der Waals surface area (Å²) in [5.74, 6) is 1.71. The predicted molar refractivity (Wildman–Crippen MR) is 74.2 cm³/mol. The molecule has 2 aromatic heterocycles. The number of aryl methyl sites for hydroxylation is 1. The number of nitrogens with two attached hydrogens (primary N) is 1. The molecule has 19 heavy (non-hydrogen) atoms. The van der Waals surface area contributed by atoms with Crippen LogP contribution in [-0.2, 0) is 0 Å². The van der Waals surface area contributed by atoms with Crippen molar-refractivity contribution in [2.45, 2.75) is 45.2 Å². The van der Waals surface area contributed by atoms with Crippen molar-refractivity contribution in [3.8, 4) is 0 Å². The minimum Gasteiger partial charge on any atom is -0.349 e. The van der Waals surface area contributed by atoms with E-state index in [1.54, 1.807) is 6.33 Å². The first-order valence-corrected chi connectivity index (χ1v) is 6.86. The number of anilines is 1. The highest BCUT2D eigenvalue weighted by Gasteiger charge is 2.29. The first-order valence-electron chi connectivity index (χ1n) is 6.86. The molecule has 2 unspecified atom stereocenters. The third-order valence-corrected chi connectivity index (χ3v) is 3.93. The number of hydrogen-bond donors (Lipinski definition) is 1. The summed E-state index contributed by atoms with van der Waals surface area (Å²) < 4.78 is 1.82. The Balaban J connectivity index is 2.13. The molecule has 0 aliphatic carbocycles. The largest absolute Gasteiger partial charge is 0.349 e. The van der Waals surface area contributed by atoms with Gasteiger partial charge in [0.25, 0.3) is 5.78 Å². The molecule has 0 spiro atoms. The second-order valence-electron chi connectivity index (χ2n) is 5.30. The topological polar surface area (TPSA) is 72.3 Å². The maximum atomic E-state index is 5.95. The molecule has 102 valence electrons. The zero-order valence-electron chi connectivity index (χ0n) is 11.5. The minimum absolute atomic E-state index is 0.373. The van der Waals surface area contributed by atoms with E-state index in [1.165, 1.54) is 12.8 Å². The van der Waals surface area contributed by atoms with Crippen molar-refractivity contribution in [3.63, 3.8) is 0 Å². The average Bonchev–Trinajstić information content (AvgIpc) is 2.85. The van der Waals surface area contributed by atoms with Gasteiger partial charge in [-0.3, -0.25) is 0 Å². The highest BCUT2D eigenvalue weighted by atomic mass is 15.4. The van der Waals surface area contributed by atoms with Crippen LogP contribution in [0.4, 0.5) is 5.82 Å². The van der Waals surface area contributed by atoms with Crippen LogP contribution in [0.3, 0.4) is 0 Å². The van der Waals surface area contributed by atoms with Crippen molar-refractivity contribution in [2.75, 3.05) is 11.4 Å². The van der Waals surface area contributed by atoms with Crippen LogP contribution in [0.5, 0.6) is 0 Å². The zero-order chi connectivity index (χ0) is 13.4. The summed E-state index contributed by atoms with van der Waals surface area (Å²) in [6, 6.07) is 2.92. The van der Waals surface area contributed by atoms with Gasteiger partial charge in [-0.2, -0.15) is 14.6 Å². The van der Waals surface area contributed by atoms with Crippen LogP contribution < -0.4 is 10.6 Å². The first-order chi connectivity index (χ1) is 9.20. The Morgan fingerprint density at radius 3 is 3.05 bits per heavy atom. The van der Waals surface area contributed by atoms with Gasteiger partial charge >= 0.3 is 0 Å². The Morgan fingerprint density at radius 2 is 2.26 bits per heavy atom. The van der Waals surface area contributed by atoms with E-state index in [4.69, 9.17) is 5.73 Å². The Labute approximate surface area is 112 Å². The number of piperidine rings is 1. The van der Waals surface area contributed by atoms with Crippen LogP contribution in [0, 0.1) is 6.92 Å². The van der Waals surface area contributed by atoms with Gasteiger partial charge in [-0.05, 0) is 33.1 Å². The molecule has 3 rings (SSSR count). The molecule has 3 heterocycles. The van der Waals surface area contributed by atoms with Gasteiger partial charge in [-0.1, -0.05) is 0 Å². The van der Waals surface area contributed by atoms with Crippen molar-refractivity contribution >= 4 is 11.6 Å². The van der Waals surface area contributed by atoms with E-state index >= 15 is 0 Å². The smallest absolute Gasteiger partial charge is 0.254 e. The lowest BCUT2D eigenvalue weighted by Gasteiger charge is -2.41. The molecule has 2 aromatic rings. The third-order valence-electron chi connectivity index (χ3n) is 3.93. The zero-order valence-corrected chi connectivity index (χ0v) is 11.5. The van der Waals surface area contributed by atoms with Crippen LogP contribution in [0.25, 0.3) is 5.78 Å². The number of aromatic nitrogens is 4. The van der Waals surface area contributed by atoms with Gasteiger partial charge in [0.15, 0.2) is 0 Å². The molecule has 6 nitrogen and oxygen atoms in total. The summed E-state index contributed by atoms with van der Waals surface area (Å²) in [6.45, 7) is 4.91. The van der Waals surface area contributed by atoms with Gasteiger partial charge in [0.1, 0.15) is 12.1 Å². The van der Waals surface area contributed by atoms with Gasteiger partial charge in [-0.15, -0.1) is 0 Å². The van der Waals surface area contributed by atoms with Crippen LogP contribution >= 0.6 is 0 Å². The van der Waals surface area contributed by atoms with Crippen molar-refractivity contribution < 1.29 is 0 Å². The Kier molecular flexibility index (Phi) is 3.10. The molecule has 2 N–H and O–H groups in total. The maximum absolute atomic E-state index is 5.95. The van der Waals surface area contributed by atoms with Gasteiger partial charge < -0.3 is 10.6 Å². The molecule has 0 amide bonds. The average molecular weight is 260 g/mol. The predicted octanol–water partition coefficient (Wildman–Crippen LogP) is 1.14. The number of hydrogen-bond acceptors (Lipinski definition) is 5.